The third-order valence-corrected chi connectivity index (χ3v) is 10.8. The van der Waals surface area contributed by atoms with Crippen molar-refractivity contribution in [2.75, 3.05) is 27.7 Å². The van der Waals surface area contributed by atoms with Crippen LogP contribution < -0.4 is 4.74 Å². The Morgan fingerprint density at radius 2 is 1.73 bits per heavy atom. The topological polar surface area (TPSA) is 53.1 Å². The molecular formula is C23H32N3O3P. The van der Waals surface area contributed by atoms with Gasteiger partial charge in [-0.05, 0) is 56.5 Å². The number of amides is 1. The van der Waals surface area contributed by atoms with Crippen LogP contribution in [0.1, 0.15) is 31.2 Å². The molecule has 2 aliphatic heterocycles. The average molecular weight is 430 g/mol. The molecule has 5 rings (SSSR count). The molecule has 0 radical (unpaired) electrons. The van der Waals surface area contributed by atoms with E-state index in [2.05, 4.69) is 15.4 Å². The lowest BCUT2D eigenvalue weighted by Crippen LogP contribution is -2.37. The van der Waals surface area contributed by atoms with E-state index in [0.29, 0.717) is 24.5 Å². The van der Waals surface area contributed by atoms with Crippen molar-refractivity contribution in [3.05, 3.63) is 41.7 Å². The first-order chi connectivity index (χ1) is 14.4. The van der Waals surface area contributed by atoms with E-state index in [4.69, 9.17) is 4.74 Å². The van der Waals surface area contributed by atoms with Gasteiger partial charge in [0, 0.05) is 36.9 Å². The van der Waals surface area contributed by atoms with Crippen LogP contribution in [-0.2, 0) is 15.9 Å². The van der Waals surface area contributed by atoms with Crippen molar-refractivity contribution >= 4 is 13.4 Å². The number of likely N-dealkylation sites (N-methyl/N-ethyl adjacent to an activating group) is 2. The molecule has 4 aliphatic rings. The lowest BCUT2D eigenvalue weighted by Gasteiger charge is -2.28. The van der Waals surface area contributed by atoms with E-state index in [0.717, 1.165) is 30.7 Å². The van der Waals surface area contributed by atoms with Crippen LogP contribution in [0, 0.1) is 17.8 Å². The zero-order valence-corrected chi connectivity index (χ0v) is 19.0. The molecule has 1 aromatic carbocycles. The molecular weight excluding hydrogens is 397 g/mol. The maximum absolute atomic E-state index is 13.8. The number of ether oxygens (including phenoxy) is 1. The molecule has 0 spiro atoms. The van der Waals surface area contributed by atoms with Gasteiger partial charge in [-0.1, -0.05) is 31.1 Å². The molecule has 0 unspecified atom stereocenters. The summed E-state index contributed by atoms with van der Waals surface area (Å²) in [5.41, 5.74) is 1.12. The highest BCUT2D eigenvalue weighted by atomic mass is 31.2. The lowest BCUT2D eigenvalue weighted by atomic mass is 9.91. The van der Waals surface area contributed by atoms with Crippen LogP contribution in [0.3, 0.4) is 0 Å². The van der Waals surface area contributed by atoms with Gasteiger partial charge >= 0.3 is 0 Å². The lowest BCUT2D eigenvalue weighted by molar-refractivity contribution is -0.130. The van der Waals surface area contributed by atoms with Gasteiger partial charge in [-0.15, -0.1) is 0 Å². The number of fused-ring (bicyclic) bond motifs is 2. The average Bonchev–Trinajstić information content (AvgIpc) is 3.31. The second kappa shape index (κ2) is 7.51. The van der Waals surface area contributed by atoms with E-state index < -0.39 is 7.44 Å². The number of hydrogen-bond donors (Lipinski definition) is 0. The summed E-state index contributed by atoms with van der Waals surface area (Å²) in [4.78, 5) is 14.8. The minimum atomic E-state index is -2.66. The molecule has 0 N–H and O–H groups in total. The number of carbonyl (C=O) groups excluding carboxylic acids is 1. The Bertz CT molecular complexity index is 879. The van der Waals surface area contributed by atoms with Crippen molar-refractivity contribution in [2.24, 2.45) is 17.8 Å². The summed E-state index contributed by atoms with van der Waals surface area (Å²) < 4.78 is 23.3. The van der Waals surface area contributed by atoms with Crippen molar-refractivity contribution in [1.29, 1.82) is 0 Å². The number of likely N-dealkylation sites (tertiary alicyclic amines) is 1. The Labute approximate surface area is 179 Å². The highest BCUT2D eigenvalue weighted by molar-refractivity contribution is 7.62. The van der Waals surface area contributed by atoms with E-state index in [1.165, 1.54) is 12.8 Å². The fraction of sp³-hybridized carbons (Fsp3) is 0.609. The van der Waals surface area contributed by atoms with Crippen LogP contribution in [0.5, 0.6) is 5.75 Å². The minimum Gasteiger partial charge on any atom is -0.497 e. The number of benzene rings is 1. The van der Waals surface area contributed by atoms with Crippen LogP contribution in [0.25, 0.3) is 0 Å². The molecule has 2 saturated carbocycles. The zero-order chi connectivity index (χ0) is 21.0. The maximum Gasteiger partial charge on any atom is 0.238 e. The molecule has 7 heteroatoms. The Balaban J connectivity index is 1.22. The Hall–Kier alpha value is -1.62. The molecule has 6 nitrogen and oxygen atoms in total. The van der Waals surface area contributed by atoms with Gasteiger partial charge in [-0.2, -0.15) is 0 Å². The number of hydrogen-bond acceptors (Lipinski definition) is 3. The van der Waals surface area contributed by atoms with Gasteiger partial charge < -0.3 is 9.64 Å². The van der Waals surface area contributed by atoms with Gasteiger partial charge in [-0.3, -0.25) is 9.36 Å². The number of rotatable bonds is 5. The molecule has 1 aromatic rings. The van der Waals surface area contributed by atoms with E-state index in [9.17, 15) is 9.36 Å². The molecule has 1 amide bonds. The SMILES string of the molecule is COc1ccc(CN2C[C@H]3[C@@H](/C=C/P4(=O)N(C)[C@@H]5CCCC[C@H]5N4C)[C@H]3C2=O)cc1. The predicted molar refractivity (Wildman–Crippen MR) is 117 cm³/mol. The fourth-order valence-corrected chi connectivity index (χ4v) is 8.61. The van der Waals surface area contributed by atoms with Crippen LogP contribution in [0.15, 0.2) is 36.2 Å². The van der Waals surface area contributed by atoms with Gasteiger partial charge in [0.05, 0.1) is 7.11 Å². The maximum atomic E-state index is 13.8. The van der Waals surface area contributed by atoms with E-state index in [-0.39, 0.29) is 17.7 Å². The molecule has 4 fully saturated rings. The monoisotopic (exact) mass is 429 g/mol. The first-order valence-electron chi connectivity index (χ1n) is 11.1. The van der Waals surface area contributed by atoms with E-state index >= 15 is 0 Å². The van der Waals surface area contributed by atoms with Crippen LogP contribution in [0.2, 0.25) is 0 Å². The second-order valence-corrected chi connectivity index (χ2v) is 12.1. The zero-order valence-electron chi connectivity index (χ0n) is 18.1. The van der Waals surface area contributed by atoms with Crippen LogP contribution in [0.4, 0.5) is 0 Å². The van der Waals surface area contributed by atoms with Gasteiger partial charge in [0.25, 0.3) is 0 Å². The largest absolute Gasteiger partial charge is 0.497 e. The minimum absolute atomic E-state index is 0.0755. The van der Waals surface area contributed by atoms with Crippen molar-refractivity contribution in [3.8, 4) is 5.75 Å². The third-order valence-electron chi connectivity index (χ3n) is 7.85. The predicted octanol–water partition coefficient (Wildman–Crippen LogP) is 3.79. The summed E-state index contributed by atoms with van der Waals surface area (Å²) in [7, 11) is 3.04. The molecule has 2 heterocycles. The number of allylic oxidation sites excluding steroid dienone is 1. The van der Waals surface area contributed by atoms with Gasteiger partial charge in [0.1, 0.15) is 5.75 Å². The van der Waals surface area contributed by atoms with Crippen molar-refractivity contribution in [3.63, 3.8) is 0 Å². The summed E-state index contributed by atoms with van der Waals surface area (Å²) in [6.07, 6.45) is 6.83. The molecule has 162 valence electrons. The molecule has 0 aromatic heterocycles. The second-order valence-electron chi connectivity index (χ2n) is 9.33. The highest BCUT2D eigenvalue weighted by Gasteiger charge is 2.60. The summed E-state index contributed by atoms with van der Waals surface area (Å²) in [6.45, 7) is 1.45. The first kappa shape index (κ1) is 20.3. The first-order valence-corrected chi connectivity index (χ1v) is 12.8. The van der Waals surface area contributed by atoms with Gasteiger partial charge in [0.15, 0.2) is 0 Å². The Kier molecular flexibility index (Phi) is 5.08. The summed E-state index contributed by atoms with van der Waals surface area (Å²) in [5, 5.41) is 0. The number of methoxy groups -OCH3 is 1. The van der Waals surface area contributed by atoms with Crippen LogP contribution in [-0.4, -0.2) is 60.0 Å². The van der Waals surface area contributed by atoms with Crippen molar-refractivity contribution in [1.82, 2.24) is 14.2 Å². The summed E-state index contributed by atoms with van der Waals surface area (Å²) in [6, 6.07) is 8.71. The number of carbonyl (C=O) groups is 1. The normalized spacial score (nSPS) is 35.6. The summed E-state index contributed by atoms with van der Waals surface area (Å²) in [5.74, 6) is 3.72. The standard InChI is InChI=1S/C23H32N3O3P/c1-24-20-6-4-5-7-21(20)25(2)30(24,28)13-12-18-19-15-26(23(27)22(18)19)14-16-8-10-17(29-3)11-9-16/h8-13,18-22H,4-7,14-15H2,1-3H3/b13-12+/t18-,19+,20-,21-,22-/m1/s1. The third kappa shape index (κ3) is 3.16. The molecule has 2 saturated heterocycles. The molecule has 5 atom stereocenters. The van der Waals surface area contributed by atoms with Crippen molar-refractivity contribution in [2.45, 2.75) is 44.3 Å². The van der Waals surface area contributed by atoms with Gasteiger partial charge in [-0.25, -0.2) is 9.34 Å². The van der Waals surface area contributed by atoms with Crippen LogP contribution >= 0.6 is 7.44 Å². The van der Waals surface area contributed by atoms with Crippen molar-refractivity contribution < 1.29 is 14.1 Å². The molecule has 2 aliphatic carbocycles. The number of nitrogens with zero attached hydrogens (tertiary/aromatic N) is 3. The fourth-order valence-electron chi connectivity index (χ4n) is 5.93. The van der Waals surface area contributed by atoms with Gasteiger partial charge in [0.2, 0.25) is 13.4 Å². The summed E-state index contributed by atoms with van der Waals surface area (Å²) >= 11 is 0. The molecule has 0 bridgehead atoms. The van der Waals surface area contributed by atoms with E-state index in [1.54, 1.807) is 7.11 Å². The van der Waals surface area contributed by atoms with E-state index in [1.807, 2.05) is 49.1 Å². The highest BCUT2D eigenvalue weighted by Crippen LogP contribution is 2.64. The number of piperidine rings is 1. The smallest absolute Gasteiger partial charge is 0.238 e. The Morgan fingerprint density at radius 1 is 1.10 bits per heavy atom. The quantitative estimate of drug-likeness (QED) is 0.667. The molecule has 30 heavy (non-hydrogen) atoms. The Morgan fingerprint density at radius 3 is 2.27 bits per heavy atom.